The van der Waals surface area contributed by atoms with Crippen LogP contribution in [0.15, 0.2) is 48.8 Å². The molecule has 2 fully saturated rings. The number of carbonyl (C=O) groups is 2. The summed E-state index contributed by atoms with van der Waals surface area (Å²) in [6.45, 7) is 6.98. The summed E-state index contributed by atoms with van der Waals surface area (Å²) in [4.78, 5) is 35.5. The van der Waals surface area contributed by atoms with Crippen LogP contribution in [0.5, 0.6) is 0 Å². The van der Waals surface area contributed by atoms with Crippen LogP contribution in [0.1, 0.15) is 82.9 Å². The average molecular weight is 488 g/mol. The monoisotopic (exact) mass is 487 g/mol. The van der Waals surface area contributed by atoms with E-state index in [1.165, 1.54) is 11.3 Å². The fraction of sp³-hybridized carbons (Fsp3) is 0.517. The van der Waals surface area contributed by atoms with E-state index in [0.29, 0.717) is 24.2 Å². The molecule has 0 spiro atoms. The van der Waals surface area contributed by atoms with Crippen molar-refractivity contribution in [3.63, 3.8) is 0 Å². The van der Waals surface area contributed by atoms with Gasteiger partial charge in [-0.3, -0.25) is 24.4 Å². The minimum absolute atomic E-state index is 0.0441. The van der Waals surface area contributed by atoms with Crippen molar-refractivity contribution in [3.05, 3.63) is 59.9 Å². The fourth-order valence-corrected chi connectivity index (χ4v) is 5.31. The summed E-state index contributed by atoms with van der Waals surface area (Å²) in [5, 5.41) is 12.9. The number of hydrogen-bond donors (Lipinski definition) is 1. The Hall–Kier alpha value is -3.40. The maximum atomic E-state index is 14.1. The fourth-order valence-electron chi connectivity index (χ4n) is 5.31. The van der Waals surface area contributed by atoms with E-state index >= 15 is 0 Å². The van der Waals surface area contributed by atoms with Gasteiger partial charge < -0.3 is 5.32 Å². The molecule has 0 bridgehead atoms. The quantitative estimate of drug-likeness (QED) is 0.589. The van der Waals surface area contributed by atoms with E-state index in [-0.39, 0.29) is 23.3 Å². The Morgan fingerprint density at radius 3 is 2.42 bits per heavy atom. The molecule has 1 saturated heterocycles. The third-order valence-electron chi connectivity index (χ3n) is 7.37. The summed E-state index contributed by atoms with van der Waals surface area (Å²) in [7, 11) is 0. The number of rotatable bonds is 6. The molecule has 4 rings (SSSR count). The summed E-state index contributed by atoms with van der Waals surface area (Å²) < 4.78 is 0. The van der Waals surface area contributed by atoms with Crippen molar-refractivity contribution < 1.29 is 9.59 Å². The summed E-state index contributed by atoms with van der Waals surface area (Å²) in [6, 6.07) is 10.2. The third-order valence-corrected chi connectivity index (χ3v) is 7.37. The largest absolute Gasteiger partial charge is 0.351 e. The first-order valence-electron chi connectivity index (χ1n) is 13.1. The Morgan fingerprint density at radius 1 is 1.08 bits per heavy atom. The first-order valence-corrected chi connectivity index (χ1v) is 13.1. The van der Waals surface area contributed by atoms with Crippen LogP contribution in [0.2, 0.25) is 0 Å². The highest BCUT2D eigenvalue weighted by atomic mass is 16.2. The minimum Gasteiger partial charge on any atom is -0.351 e. The first kappa shape index (κ1) is 25.7. The van der Waals surface area contributed by atoms with Gasteiger partial charge in [-0.15, -0.1) is 0 Å². The molecule has 1 aliphatic heterocycles. The molecule has 190 valence electrons. The van der Waals surface area contributed by atoms with Gasteiger partial charge in [0.2, 0.25) is 5.91 Å². The highest BCUT2D eigenvalue weighted by molar-refractivity contribution is 6.04. The molecule has 0 radical (unpaired) electrons. The van der Waals surface area contributed by atoms with Crippen molar-refractivity contribution in [3.8, 4) is 6.19 Å². The van der Waals surface area contributed by atoms with Crippen LogP contribution in [0, 0.1) is 11.5 Å². The lowest BCUT2D eigenvalue weighted by Crippen LogP contribution is -2.51. The van der Waals surface area contributed by atoms with Gasteiger partial charge in [0.05, 0.1) is 0 Å². The lowest BCUT2D eigenvalue weighted by molar-refractivity contribution is -0.128. The molecule has 1 saturated carbocycles. The molecule has 1 aliphatic carbocycles. The van der Waals surface area contributed by atoms with Crippen molar-refractivity contribution in [2.24, 2.45) is 0 Å². The van der Waals surface area contributed by atoms with Crippen LogP contribution in [-0.4, -0.2) is 40.3 Å². The molecule has 36 heavy (non-hydrogen) atoms. The Kier molecular flexibility index (Phi) is 7.93. The molecule has 1 aromatic carbocycles. The maximum absolute atomic E-state index is 14.1. The molecule has 0 unspecified atom stereocenters. The zero-order valence-electron chi connectivity index (χ0n) is 21.6. The van der Waals surface area contributed by atoms with E-state index in [1.807, 2.05) is 30.3 Å². The molecule has 1 aromatic heterocycles. The van der Waals surface area contributed by atoms with Crippen LogP contribution in [0.25, 0.3) is 0 Å². The highest BCUT2D eigenvalue weighted by Gasteiger charge is 2.40. The lowest BCUT2D eigenvalue weighted by atomic mass is 9.87. The highest BCUT2D eigenvalue weighted by Crippen LogP contribution is 2.33. The van der Waals surface area contributed by atoms with Crippen molar-refractivity contribution in [2.45, 2.75) is 89.3 Å². The number of anilines is 1. The Labute approximate surface area is 214 Å². The van der Waals surface area contributed by atoms with Crippen LogP contribution in [0.3, 0.4) is 0 Å². The van der Waals surface area contributed by atoms with Crippen molar-refractivity contribution >= 4 is 17.5 Å². The lowest BCUT2D eigenvalue weighted by Gasteiger charge is -2.35. The van der Waals surface area contributed by atoms with E-state index in [4.69, 9.17) is 0 Å². The van der Waals surface area contributed by atoms with Gasteiger partial charge in [-0.1, -0.05) is 58.2 Å². The molecular formula is C29H37N5O2. The Balaban J connectivity index is 1.77. The molecule has 2 atom stereocenters. The summed E-state index contributed by atoms with van der Waals surface area (Å²) in [5.41, 5.74) is 2.39. The van der Waals surface area contributed by atoms with Gasteiger partial charge in [0, 0.05) is 36.2 Å². The number of nitrogens with one attached hydrogen (secondary N) is 1. The number of nitriles is 1. The molecule has 1 N–H and O–H groups in total. The zero-order valence-corrected chi connectivity index (χ0v) is 21.6. The maximum Gasteiger partial charge on any atom is 0.251 e. The molecule has 2 aromatic rings. The molecule has 7 heteroatoms. The van der Waals surface area contributed by atoms with Gasteiger partial charge in [0.25, 0.3) is 5.91 Å². The number of pyridine rings is 1. The van der Waals surface area contributed by atoms with Crippen LogP contribution < -0.4 is 10.2 Å². The van der Waals surface area contributed by atoms with Gasteiger partial charge in [0.1, 0.15) is 12.1 Å². The van der Waals surface area contributed by atoms with Crippen LogP contribution in [0.4, 0.5) is 5.69 Å². The standard InChI is InChI=1S/C29H37N5O2/c1-29(2,3)22-13-15-24(16-14-22)34(28(36)25-12-8-18-33(25)20-30)26(21-9-7-17-31-19-21)27(35)32-23-10-5-4-6-11-23/h7,9,13-17,19,23,25-26H,4-6,8,10-12,18H2,1-3H3,(H,32,35)/t25-,26+/m0/s1. The second-order valence-electron chi connectivity index (χ2n) is 11.0. The van der Waals surface area contributed by atoms with Gasteiger partial charge in [-0.05, 0) is 54.9 Å². The number of aromatic nitrogens is 1. The minimum atomic E-state index is -0.880. The molecular weight excluding hydrogens is 450 g/mol. The normalized spacial score (nSPS) is 19.4. The van der Waals surface area contributed by atoms with E-state index in [9.17, 15) is 14.9 Å². The van der Waals surface area contributed by atoms with Crippen molar-refractivity contribution in [2.75, 3.05) is 11.4 Å². The van der Waals surface area contributed by atoms with Crippen LogP contribution >= 0.6 is 0 Å². The average Bonchev–Trinajstić information content (AvgIpc) is 3.36. The SMILES string of the molecule is CC(C)(C)c1ccc(N(C(=O)[C@@H]2CCCN2C#N)[C@@H](C(=O)NC2CCCCC2)c2cccnc2)cc1. The number of hydrogen-bond acceptors (Lipinski definition) is 5. The molecule has 2 aliphatic rings. The van der Waals surface area contributed by atoms with Gasteiger partial charge in [-0.25, -0.2) is 0 Å². The number of likely N-dealkylation sites (tertiary alicyclic amines) is 1. The summed E-state index contributed by atoms with van der Waals surface area (Å²) >= 11 is 0. The number of nitrogens with zero attached hydrogens (tertiary/aromatic N) is 4. The van der Waals surface area contributed by atoms with Gasteiger partial charge in [-0.2, -0.15) is 5.26 Å². The third kappa shape index (κ3) is 5.70. The summed E-state index contributed by atoms with van der Waals surface area (Å²) in [5.74, 6) is -0.435. The number of amides is 2. The second-order valence-corrected chi connectivity index (χ2v) is 11.0. The Morgan fingerprint density at radius 2 is 1.81 bits per heavy atom. The predicted molar refractivity (Wildman–Crippen MR) is 140 cm³/mol. The molecule has 2 heterocycles. The second kappa shape index (κ2) is 11.1. The number of benzene rings is 1. The smallest absolute Gasteiger partial charge is 0.251 e. The molecule has 2 amide bonds. The zero-order chi connectivity index (χ0) is 25.7. The van der Waals surface area contributed by atoms with Crippen molar-refractivity contribution in [1.82, 2.24) is 15.2 Å². The molecule has 7 nitrogen and oxygen atoms in total. The van der Waals surface area contributed by atoms with E-state index in [1.54, 1.807) is 23.4 Å². The van der Waals surface area contributed by atoms with E-state index < -0.39 is 12.1 Å². The Bertz CT molecular complexity index is 1080. The van der Waals surface area contributed by atoms with E-state index in [0.717, 1.165) is 37.7 Å². The van der Waals surface area contributed by atoms with Crippen molar-refractivity contribution in [1.29, 1.82) is 5.26 Å². The van der Waals surface area contributed by atoms with Gasteiger partial charge in [0.15, 0.2) is 6.19 Å². The first-order chi connectivity index (χ1) is 17.3. The number of carbonyl (C=O) groups excluding carboxylic acids is 2. The van der Waals surface area contributed by atoms with Crippen LogP contribution in [-0.2, 0) is 15.0 Å². The topological polar surface area (TPSA) is 89.3 Å². The van der Waals surface area contributed by atoms with Gasteiger partial charge >= 0.3 is 0 Å². The van der Waals surface area contributed by atoms with E-state index in [2.05, 4.69) is 37.3 Å². The summed E-state index contributed by atoms with van der Waals surface area (Å²) in [6.07, 6.45) is 12.1. The predicted octanol–water partition coefficient (Wildman–Crippen LogP) is 4.85.